The smallest absolute Gasteiger partial charge is 0.161 e. The largest absolute Gasteiger partial charge is 0.493 e. The van der Waals surface area contributed by atoms with Crippen molar-refractivity contribution in [3.8, 4) is 11.5 Å². The van der Waals surface area contributed by atoms with Crippen LogP contribution in [0.2, 0.25) is 0 Å². The molecule has 0 saturated carbocycles. The van der Waals surface area contributed by atoms with Crippen LogP contribution in [0.3, 0.4) is 0 Å². The number of allylic oxidation sites excluding steroid dienone is 1. The molecule has 0 amide bonds. The van der Waals surface area contributed by atoms with Crippen LogP contribution >= 0.6 is 0 Å². The van der Waals surface area contributed by atoms with E-state index in [0.29, 0.717) is 0 Å². The van der Waals surface area contributed by atoms with Gasteiger partial charge in [-0.3, -0.25) is 0 Å². The lowest BCUT2D eigenvalue weighted by Crippen LogP contribution is -2.16. The Morgan fingerprint density at radius 2 is 1.68 bits per heavy atom. The molecule has 0 unspecified atom stereocenters. The zero-order valence-electron chi connectivity index (χ0n) is 13.1. The zero-order valence-corrected chi connectivity index (χ0v) is 13.1. The Morgan fingerprint density at radius 3 is 2.41 bits per heavy atom. The van der Waals surface area contributed by atoms with Crippen molar-refractivity contribution in [2.24, 2.45) is 0 Å². The summed E-state index contributed by atoms with van der Waals surface area (Å²) in [6.07, 6.45) is 4.25. The minimum atomic E-state index is 0.779. The maximum Gasteiger partial charge on any atom is 0.161 e. The van der Waals surface area contributed by atoms with Gasteiger partial charge < -0.3 is 14.8 Å². The molecule has 3 nitrogen and oxygen atoms in total. The van der Waals surface area contributed by atoms with Gasteiger partial charge in [0.15, 0.2) is 11.5 Å². The van der Waals surface area contributed by atoms with Crippen LogP contribution in [-0.4, -0.2) is 14.2 Å². The molecular weight excluding hydrogens is 274 g/mol. The summed E-state index contributed by atoms with van der Waals surface area (Å²) in [5, 5.41) is 3.53. The van der Waals surface area contributed by atoms with Gasteiger partial charge in [0.1, 0.15) is 0 Å². The fourth-order valence-corrected chi connectivity index (χ4v) is 2.77. The minimum Gasteiger partial charge on any atom is -0.493 e. The van der Waals surface area contributed by atoms with Gasteiger partial charge in [-0.25, -0.2) is 0 Å². The maximum absolute atomic E-state index is 5.39. The van der Waals surface area contributed by atoms with Crippen molar-refractivity contribution in [2.75, 3.05) is 14.2 Å². The lowest BCUT2D eigenvalue weighted by atomic mass is 9.94. The molecule has 0 heterocycles. The highest BCUT2D eigenvalue weighted by Gasteiger charge is 2.14. The van der Waals surface area contributed by atoms with Crippen LogP contribution in [0.5, 0.6) is 11.5 Å². The summed E-state index contributed by atoms with van der Waals surface area (Å²) in [4.78, 5) is 0. The summed E-state index contributed by atoms with van der Waals surface area (Å²) in [7, 11) is 3.35. The fraction of sp³-hybridized carbons (Fsp3) is 0.263. The molecule has 1 aliphatic rings. The predicted octanol–water partition coefficient (Wildman–Crippen LogP) is 3.78. The number of rotatable bonds is 5. The van der Waals surface area contributed by atoms with Crippen LogP contribution in [0.25, 0.3) is 6.08 Å². The molecule has 0 spiro atoms. The Labute approximate surface area is 131 Å². The van der Waals surface area contributed by atoms with Crippen molar-refractivity contribution in [2.45, 2.75) is 19.4 Å². The second-order valence-electron chi connectivity index (χ2n) is 5.41. The van der Waals surface area contributed by atoms with E-state index >= 15 is 0 Å². The molecule has 22 heavy (non-hydrogen) atoms. The molecule has 0 atom stereocenters. The van der Waals surface area contributed by atoms with Gasteiger partial charge in [-0.1, -0.05) is 30.3 Å². The highest BCUT2D eigenvalue weighted by atomic mass is 16.5. The number of nitrogens with one attached hydrogen (secondary N) is 1. The Morgan fingerprint density at radius 1 is 0.955 bits per heavy atom. The molecule has 1 N–H and O–H groups in total. The monoisotopic (exact) mass is 295 g/mol. The van der Waals surface area contributed by atoms with E-state index in [4.69, 9.17) is 9.47 Å². The molecule has 2 aromatic rings. The van der Waals surface area contributed by atoms with E-state index < -0.39 is 0 Å². The molecule has 1 aliphatic carbocycles. The van der Waals surface area contributed by atoms with Crippen molar-refractivity contribution in [1.29, 1.82) is 0 Å². The quantitative estimate of drug-likeness (QED) is 0.910. The van der Waals surface area contributed by atoms with Gasteiger partial charge >= 0.3 is 0 Å². The number of hydrogen-bond donors (Lipinski definition) is 1. The first-order valence-corrected chi connectivity index (χ1v) is 7.53. The number of fused-ring (bicyclic) bond motifs is 1. The third-order valence-electron chi connectivity index (χ3n) is 4.00. The first kappa shape index (κ1) is 14.5. The molecule has 0 aromatic heterocycles. The van der Waals surface area contributed by atoms with E-state index in [1.54, 1.807) is 14.2 Å². The van der Waals surface area contributed by atoms with E-state index in [2.05, 4.69) is 47.8 Å². The van der Waals surface area contributed by atoms with E-state index in [0.717, 1.165) is 30.9 Å². The highest BCUT2D eigenvalue weighted by Crippen LogP contribution is 2.34. The SMILES string of the molecule is COc1cc2c(cc1OC)CCC(NCc1ccccc1)=C2. The number of methoxy groups -OCH3 is 2. The molecule has 114 valence electrons. The summed E-state index contributed by atoms with van der Waals surface area (Å²) < 4.78 is 10.8. The molecular formula is C19H21NO2. The molecule has 0 saturated heterocycles. The molecule has 0 fully saturated rings. The van der Waals surface area contributed by atoms with E-state index in [1.165, 1.54) is 22.4 Å². The van der Waals surface area contributed by atoms with Crippen molar-refractivity contribution >= 4 is 6.08 Å². The number of benzene rings is 2. The predicted molar refractivity (Wildman–Crippen MR) is 89.1 cm³/mol. The third-order valence-corrected chi connectivity index (χ3v) is 4.00. The van der Waals surface area contributed by atoms with Gasteiger partial charge in [0, 0.05) is 12.2 Å². The second-order valence-corrected chi connectivity index (χ2v) is 5.41. The average molecular weight is 295 g/mol. The summed E-state index contributed by atoms with van der Waals surface area (Å²) in [6.45, 7) is 0.856. The van der Waals surface area contributed by atoms with Gasteiger partial charge in [-0.2, -0.15) is 0 Å². The molecule has 0 aliphatic heterocycles. The number of ether oxygens (including phenoxy) is 2. The van der Waals surface area contributed by atoms with Gasteiger partial charge in [0.2, 0.25) is 0 Å². The minimum absolute atomic E-state index is 0.779. The van der Waals surface area contributed by atoms with E-state index in [-0.39, 0.29) is 0 Å². The van der Waals surface area contributed by atoms with Crippen molar-refractivity contribution < 1.29 is 9.47 Å². The summed E-state index contributed by atoms with van der Waals surface area (Å²) in [5.41, 5.74) is 5.08. The average Bonchev–Trinajstić information content (AvgIpc) is 2.59. The zero-order chi connectivity index (χ0) is 15.4. The molecule has 0 radical (unpaired) electrons. The molecule has 0 bridgehead atoms. The van der Waals surface area contributed by atoms with Crippen molar-refractivity contribution in [1.82, 2.24) is 5.32 Å². The normalized spacial score (nSPS) is 13.1. The van der Waals surface area contributed by atoms with Crippen LogP contribution in [-0.2, 0) is 13.0 Å². The Kier molecular flexibility index (Phi) is 4.33. The van der Waals surface area contributed by atoms with Crippen LogP contribution in [0.4, 0.5) is 0 Å². The van der Waals surface area contributed by atoms with Gasteiger partial charge in [0.25, 0.3) is 0 Å². The number of aryl methyl sites for hydroxylation is 1. The highest BCUT2D eigenvalue weighted by molar-refractivity contribution is 5.64. The molecule has 3 rings (SSSR count). The Balaban J connectivity index is 1.78. The lowest BCUT2D eigenvalue weighted by Gasteiger charge is -2.20. The van der Waals surface area contributed by atoms with Gasteiger partial charge in [0.05, 0.1) is 14.2 Å². The van der Waals surface area contributed by atoms with Crippen molar-refractivity contribution in [3.63, 3.8) is 0 Å². The van der Waals surface area contributed by atoms with Gasteiger partial charge in [-0.05, 0) is 47.7 Å². The van der Waals surface area contributed by atoms with Crippen molar-refractivity contribution in [3.05, 3.63) is 64.9 Å². The Hall–Kier alpha value is -2.42. The lowest BCUT2D eigenvalue weighted by molar-refractivity contribution is 0.354. The second kappa shape index (κ2) is 6.56. The van der Waals surface area contributed by atoms with Crippen LogP contribution in [0, 0.1) is 0 Å². The van der Waals surface area contributed by atoms with E-state index in [9.17, 15) is 0 Å². The van der Waals surface area contributed by atoms with Crippen LogP contribution < -0.4 is 14.8 Å². The Bertz CT molecular complexity index is 677. The summed E-state index contributed by atoms with van der Waals surface area (Å²) >= 11 is 0. The topological polar surface area (TPSA) is 30.5 Å². The fourth-order valence-electron chi connectivity index (χ4n) is 2.77. The standard InChI is InChI=1S/C19H21NO2/c1-21-18-11-15-8-9-17(10-16(15)12-19(18)22-2)20-13-14-6-4-3-5-7-14/h3-7,10-12,20H,8-9,13H2,1-2H3. The third kappa shape index (κ3) is 3.08. The summed E-state index contributed by atoms with van der Waals surface area (Å²) in [6, 6.07) is 14.6. The first-order chi connectivity index (χ1) is 10.8. The number of hydrogen-bond acceptors (Lipinski definition) is 3. The first-order valence-electron chi connectivity index (χ1n) is 7.53. The van der Waals surface area contributed by atoms with Crippen LogP contribution in [0.15, 0.2) is 48.2 Å². The molecule has 3 heteroatoms. The van der Waals surface area contributed by atoms with E-state index in [1.807, 2.05) is 6.07 Å². The van der Waals surface area contributed by atoms with Crippen LogP contribution in [0.1, 0.15) is 23.1 Å². The molecule has 2 aromatic carbocycles. The summed E-state index contributed by atoms with van der Waals surface area (Å²) in [5.74, 6) is 1.58. The van der Waals surface area contributed by atoms with Gasteiger partial charge in [-0.15, -0.1) is 0 Å². The maximum atomic E-state index is 5.39.